The van der Waals surface area contributed by atoms with Gasteiger partial charge in [0.1, 0.15) is 11.4 Å². The molecule has 0 fully saturated rings. The summed E-state index contributed by atoms with van der Waals surface area (Å²) in [6.07, 6.45) is 0.768. The Hall–Kier alpha value is -1.94. The highest BCUT2D eigenvalue weighted by Crippen LogP contribution is 2.39. The average Bonchev–Trinajstić information content (AvgIpc) is 2.54. The summed E-state index contributed by atoms with van der Waals surface area (Å²) < 4.78 is 6.07. The zero-order chi connectivity index (χ0) is 18.0. The standard InChI is InChI=1S/C21H25NO2S/c1-14-5-8-16(9-6-14)25-13-20(23)22-18-12-21(3,4)24-19-10-7-15(2)11-17(18)19/h5-11,18H,12-13H2,1-4H3,(H,22,23). The summed E-state index contributed by atoms with van der Waals surface area (Å²) in [6, 6.07) is 14.4. The molecule has 0 aliphatic carbocycles. The predicted molar refractivity (Wildman–Crippen MR) is 103 cm³/mol. The zero-order valence-electron chi connectivity index (χ0n) is 15.3. The molecule has 1 atom stereocenters. The van der Waals surface area contributed by atoms with Crippen LogP contribution >= 0.6 is 11.8 Å². The number of ether oxygens (including phenoxy) is 1. The van der Waals surface area contributed by atoms with E-state index in [1.807, 2.05) is 12.1 Å². The van der Waals surface area contributed by atoms with Gasteiger partial charge in [-0.25, -0.2) is 0 Å². The van der Waals surface area contributed by atoms with E-state index in [4.69, 9.17) is 4.74 Å². The Bertz CT molecular complexity index is 768. The molecule has 1 amide bonds. The van der Waals surface area contributed by atoms with E-state index in [-0.39, 0.29) is 17.6 Å². The van der Waals surface area contributed by atoms with Crippen LogP contribution in [0.3, 0.4) is 0 Å². The number of rotatable bonds is 4. The zero-order valence-corrected chi connectivity index (χ0v) is 16.1. The first-order valence-corrected chi connectivity index (χ1v) is 9.59. The van der Waals surface area contributed by atoms with E-state index in [1.165, 1.54) is 11.1 Å². The summed E-state index contributed by atoms with van der Waals surface area (Å²) in [5.74, 6) is 1.35. The van der Waals surface area contributed by atoms with Crippen molar-refractivity contribution >= 4 is 17.7 Å². The molecular formula is C21H25NO2S. The second-order valence-corrected chi connectivity index (χ2v) is 8.38. The molecule has 25 heavy (non-hydrogen) atoms. The number of aryl methyl sites for hydroxylation is 2. The van der Waals surface area contributed by atoms with Gasteiger partial charge in [0.15, 0.2) is 0 Å². The molecule has 0 saturated heterocycles. The SMILES string of the molecule is Cc1ccc(SCC(=O)NC2CC(C)(C)Oc3ccc(C)cc32)cc1. The Kier molecular flexibility index (Phi) is 5.09. The van der Waals surface area contributed by atoms with E-state index in [9.17, 15) is 4.79 Å². The maximum atomic E-state index is 12.5. The molecule has 132 valence electrons. The molecule has 4 heteroatoms. The van der Waals surface area contributed by atoms with Crippen molar-refractivity contribution in [1.82, 2.24) is 5.32 Å². The highest BCUT2D eigenvalue weighted by atomic mass is 32.2. The summed E-state index contributed by atoms with van der Waals surface area (Å²) in [7, 11) is 0. The first-order chi connectivity index (χ1) is 11.8. The van der Waals surface area contributed by atoms with Crippen LogP contribution in [0, 0.1) is 13.8 Å². The fourth-order valence-corrected chi connectivity index (χ4v) is 3.83. The first-order valence-electron chi connectivity index (χ1n) is 8.61. The number of amides is 1. The Morgan fingerprint density at radius 2 is 1.84 bits per heavy atom. The number of fused-ring (bicyclic) bond motifs is 1. The molecule has 0 radical (unpaired) electrons. The number of carbonyl (C=O) groups is 1. The average molecular weight is 356 g/mol. The van der Waals surface area contributed by atoms with Gasteiger partial charge in [-0.3, -0.25) is 4.79 Å². The van der Waals surface area contributed by atoms with Crippen LogP contribution in [-0.4, -0.2) is 17.3 Å². The smallest absolute Gasteiger partial charge is 0.230 e. The lowest BCUT2D eigenvalue weighted by atomic mass is 9.89. The molecule has 1 N–H and O–H groups in total. The lowest BCUT2D eigenvalue weighted by molar-refractivity contribution is -0.119. The Labute approximate surface area is 154 Å². The number of nitrogens with one attached hydrogen (secondary N) is 1. The summed E-state index contributed by atoms with van der Waals surface area (Å²) in [5, 5.41) is 3.20. The third kappa shape index (κ3) is 4.57. The Morgan fingerprint density at radius 1 is 1.16 bits per heavy atom. The molecule has 1 aliphatic heterocycles. The summed E-state index contributed by atoms with van der Waals surface area (Å²) in [4.78, 5) is 13.6. The predicted octanol–water partition coefficient (Wildman–Crippen LogP) is 4.81. The van der Waals surface area contributed by atoms with Gasteiger partial charge in [0.25, 0.3) is 0 Å². The van der Waals surface area contributed by atoms with Gasteiger partial charge in [-0.05, 0) is 45.9 Å². The topological polar surface area (TPSA) is 38.3 Å². The van der Waals surface area contributed by atoms with Crippen molar-refractivity contribution in [3.05, 3.63) is 59.2 Å². The van der Waals surface area contributed by atoms with Crippen LogP contribution in [0.5, 0.6) is 5.75 Å². The lowest BCUT2D eigenvalue weighted by Crippen LogP contribution is -2.41. The van der Waals surface area contributed by atoms with Gasteiger partial charge in [0.05, 0.1) is 11.8 Å². The van der Waals surface area contributed by atoms with Crippen LogP contribution in [0.2, 0.25) is 0 Å². The van der Waals surface area contributed by atoms with Crippen LogP contribution in [-0.2, 0) is 4.79 Å². The van der Waals surface area contributed by atoms with E-state index in [0.717, 1.165) is 22.6 Å². The van der Waals surface area contributed by atoms with Crippen LogP contribution < -0.4 is 10.1 Å². The summed E-state index contributed by atoms with van der Waals surface area (Å²) >= 11 is 1.57. The van der Waals surface area contributed by atoms with Gasteiger partial charge in [-0.15, -0.1) is 11.8 Å². The van der Waals surface area contributed by atoms with Crippen molar-refractivity contribution in [2.24, 2.45) is 0 Å². The number of carbonyl (C=O) groups excluding carboxylic acids is 1. The van der Waals surface area contributed by atoms with E-state index in [2.05, 4.69) is 63.3 Å². The molecule has 2 aromatic carbocycles. The first kappa shape index (κ1) is 17.9. The van der Waals surface area contributed by atoms with Gasteiger partial charge in [-0.2, -0.15) is 0 Å². The van der Waals surface area contributed by atoms with Gasteiger partial charge in [0, 0.05) is 16.9 Å². The number of benzene rings is 2. The Morgan fingerprint density at radius 3 is 2.56 bits per heavy atom. The second kappa shape index (κ2) is 7.12. The van der Waals surface area contributed by atoms with Crippen molar-refractivity contribution in [3.63, 3.8) is 0 Å². The van der Waals surface area contributed by atoms with E-state index < -0.39 is 0 Å². The Balaban J connectivity index is 1.68. The van der Waals surface area contributed by atoms with Crippen LogP contribution in [0.4, 0.5) is 0 Å². The number of hydrogen-bond donors (Lipinski definition) is 1. The fraction of sp³-hybridized carbons (Fsp3) is 0.381. The van der Waals surface area contributed by atoms with E-state index in [0.29, 0.717) is 5.75 Å². The maximum absolute atomic E-state index is 12.5. The van der Waals surface area contributed by atoms with Gasteiger partial charge in [-0.1, -0.05) is 35.4 Å². The van der Waals surface area contributed by atoms with E-state index in [1.54, 1.807) is 11.8 Å². The largest absolute Gasteiger partial charge is 0.487 e. The molecule has 1 aliphatic rings. The fourth-order valence-electron chi connectivity index (χ4n) is 3.12. The molecular weight excluding hydrogens is 330 g/mol. The molecule has 3 rings (SSSR count). The minimum absolute atomic E-state index is 0.00947. The molecule has 1 heterocycles. The number of thioether (sulfide) groups is 1. The van der Waals surface area contributed by atoms with Crippen LogP contribution in [0.15, 0.2) is 47.4 Å². The van der Waals surface area contributed by atoms with Gasteiger partial charge in [0.2, 0.25) is 5.91 Å². The monoisotopic (exact) mass is 355 g/mol. The molecule has 3 nitrogen and oxygen atoms in total. The highest BCUT2D eigenvalue weighted by molar-refractivity contribution is 8.00. The van der Waals surface area contributed by atoms with Crippen molar-refractivity contribution < 1.29 is 9.53 Å². The van der Waals surface area contributed by atoms with Crippen LogP contribution in [0.25, 0.3) is 0 Å². The second-order valence-electron chi connectivity index (χ2n) is 7.33. The van der Waals surface area contributed by atoms with Crippen LogP contribution in [0.1, 0.15) is 43.0 Å². The molecule has 0 bridgehead atoms. The molecule has 2 aromatic rings. The molecule has 0 aromatic heterocycles. The molecule has 0 saturated carbocycles. The maximum Gasteiger partial charge on any atom is 0.230 e. The van der Waals surface area contributed by atoms with E-state index >= 15 is 0 Å². The summed E-state index contributed by atoms with van der Waals surface area (Å²) in [6.45, 7) is 8.26. The summed E-state index contributed by atoms with van der Waals surface area (Å²) in [5.41, 5.74) is 3.19. The van der Waals surface area contributed by atoms with Gasteiger partial charge >= 0.3 is 0 Å². The van der Waals surface area contributed by atoms with Crippen molar-refractivity contribution in [2.45, 2.75) is 50.7 Å². The van der Waals surface area contributed by atoms with Crippen molar-refractivity contribution in [3.8, 4) is 5.75 Å². The van der Waals surface area contributed by atoms with Crippen molar-refractivity contribution in [1.29, 1.82) is 0 Å². The highest BCUT2D eigenvalue weighted by Gasteiger charge is 2.34. The minimum atomic E-state index is -0.287. The third-order valence-corrected chi connectivity index (χ3v) is 5.36. The minimum Gasteiger partial charge on any atom is -0.487 e. The molecule has 1 unspecified atom stereocenters. The third-order valence-electron chi connectivity index (χ3n) is 4.35. The normalized spacial score (nSPS) is 18.2. The van der Waals surface area contributed by atoms with Gasteiger partial charge < -0.3 is 10.1 Å². The quantitative estimate of drug-likeness (QED) is 0.800. The lowest BCUT2D eigenvalue weighted by Gasteiger charge is -2.38. The number of hydrogen-bond acceptors (Lipinski definition) is 3. The van der Waals surface area contributed by atoms with Crippen molar-refractivity contribution in [2.75, 3.05) is 5.75 Å². The molecule has 0 spiro atoms.